The first-order valence-corrected chi connectivity index (χ1v) is 7.39. The summed E-state index contributed by atoms with van der Waals surface area (Å²) in [5.41, 5.74) is 1.68. The molecule has 20 heavy (non-hydrogen) atoms. The maximum absolute atomic E-state index is 13.5. The van der Waals surface area contributed by atoms with Crippen molar-refractivity contribution in [2.45, 2.75) is 11.3 Å². The molecule has 2 aromatic carbocycles. The monoisotopic (exact) mass is 288 g/mol. The number of benzene rings is 2. The first-order chi connectivity index (χ1) is 9.75. The minimum absolute atomic E-state index is 0.0306. The van der Waals surface area contributed by atoms with Crippen LogP contribution in [0.25, 0.3) is 0 Å². The molecule has 2 nitrogen and oxygen atoms in total. The van der Waals surface area contributed by atoms with E-state index in [1.165, 1.54) is 17.8 Å². The Kier molecular flexibility index (Phi) is 3.74. The first kappa shape index (κ1) is 13.2. The lowest BCUT2D eigenvalue weighted by molar-refractivity contribution is 0.101. The van der Waals surface area contributed by atoms with Crippen molar-refractivity contribution in [2.24, 2.45) is 0 Å². The molecular weight excluding hydrogens is 275 g/mol. The van der Waals surface area contributed by atoms with Gasteiger partial charge in [-0.15, -0.1) is 11.8 Å². The smallest absolute Gasteiger partial charge is 0.176 e. The van der Waals surface area contributed by atoms with Gasteiger partial charge in [0.25, 0.3) is 0 Å². The highest BCUT2D eigenvalue weighted by Gasteiger charge is 2.20. The van der Waals surface area contributed by atoms with Gasteiger partial charge in [-0.3, -0.25) is 4.79 Å². The third-order valence-corrected chi connectivity index (χ3v) is 4.26. The highest BCUT2D eigenvalue weighted by atomic mass is 32.2. The van der Waals surface area contributed by atoms with Crippen LogP contribution in [0, 0.1) is 5.82 Å². The van der Waals surface area contributed by atoms with Gasteiger partial charge in [0.2, 0.25) is 0 Å². The minimum atomic E-state index is -0.292. The number of rotatable bonds is 4. The molecule has 0 fully saturated rings. The van der Waals surface area contributed by atoms with Crippen molar-refractivity contribution in [1.82, 2.24) is 0 Å². The standard InChI is InChI=1S/C16H13FO2S/c17-13-6-1-2-7-15(13)20-10-14(18)12-5-3-4-11-8-9-19-16(11)12/h1-7H,8-10H2. The predicted molar refractivity (Wildman–Crippen MR) is 77.1 cm³/mol. The Balaban J connectivity index is 1.75. The van der Waals surface area contributed by atoms with Crippen LogP contribution in [0.3, 0.4) is 0 Å². The Morgan fingerprint density at radius 1 is 1.20 bits per heavy atom. The van der Waals surface area contributed by atoms with E-state index in [0.29, 0.717) is 22.8 Å². The van der Waals surface area contributed by atoms with E-state index < -0.39 is 0 Å². The van der Waals surface area contributed by atoms with Crippen LogP contribution in [0.5, 0.6) is 5.75 Å². The summed E-state index contributed by atoms with van der Waals surface area (Å²) in [4.78, 5) is 12.8. The van der Waals surface area contributed by atoms with E-state index in [4.69, 9.17) is 4.74 Å². The average Bonchev–Trinajstić information content (AvgIpc) is 2.94. The Morgan fingerprint density at radius 3 is 2.90 bits per heavy atom. The number of carbonyl (C=O) groups is 1. The maximum atomic E-state index is 13.5. The molecule has 4 heteroatoms. The number of ether oxygens (including phenoxy) is 1. The zero-order valence-electron chi connectivity index (χ0n) is 10.8. The highest BCUT2D eigenvalue weighted by Crippen LogP contribution is 2.31. The van der Waals surface area contributed by atoms with Gasteiger partial charge in [0.1, 0.15) is 11.6 Å². The summed E-state index contributed by atoms with van der Waals surface area (Å²) in [6.45, 7) is 0.625. The van der Waals surface area contributed by atoms with Crippen LogP contribution < -0.4 is 4.74 Å². The summed E-state index contributed by atoms with van der Waals surface area (Å²) >= 11 is 1.22. The molecule has 0 N–H and O–H groups in total. The summed E-state index contributed by atoms with van der Waals surface area (Å²) < 4.78 is 19.0. The maximum Gasteiger partial charge on any atom is 0.176 e. The van der Waals surface area contributed by atoms with Gasteiger partial charge in [0, 0.05) is 11.3 Å². The number of para-hydroxylation sites is 1. The van der Waals surface area contributed by atoms with Gasteiger partial charge in [-0.25, -0.2) is 4.39 Å². The molecule has 0 saturated heterocycles. The number of hydrogen-bond acceptors (Lipinski definition) is 3. The van der Waals surface area contributed by atoms with Gasteiger partial charge in [0.15, 0.2) is 5.78 Å². The van der Waals surface area contributed by atoms with Crippen molar-refractivity contribution in [3.63, 3.8) is 0 Å². The molecule has 0 saturated carbocycles. The zero-order valence-corrected chi connectivity index (χ0v) is 11.6. The predicted octanol–water partition coefficient (Wildman–Crippen LogP) is 3.74. The minimum Gasteiger partial charge on any atom is -0.492 e. The molecule has 0 unspecified atom stereocenters. The summed E-state index contributed by atoms with van der Waals surface area (Å²) in [7, 11) is 0. The lowest BCUT2D eigenvalue weighted by Gasteiger charge is -2.07. The van der Waals surface area contributed by atoms with Crippen molar-refractivity contribution in [2.75, 3.05) is 12.4 Å². The summed E-state index contributed by atoms with van der Waals surface area (Å²) in [6.07, 6.45) is 0.844. The van der Waals surface area contributed by atoms with Crippen molar-refractivity contribution in [3.8, 4) is 5.75 Å². The molecule has 0 aromatic heterocycles. The number of fused-ring (bicyclic) bond motifs is 1. The third kappa shape index (κ3) is 2.56. The molecular formula is C16H13FO2S. The molecule has 0 atom stereocenters. The molecule has 0 radical (unpaired) electrons. The second-order valence-electron chi connectivity index (χ2n) is 4.53. The summed E-state index contributed by atoms with van der Waals surface area (Å²) in [5.74, 6) is 0.587. The van der Waals surface area contributed by atoms with Crippen LogP contribution in [0.15, 0.2) is 47.4 Å². The normalized spacial score (nSPS) is 12.8. The molecule has 102 valence electrons. The van der Waals surface area contributed by atoms with Gasteiger partial charge >= 0.3 is 0 Å². The van der Waals surface area contributed by atoms with E-state index in [1.54, 1.807) is 24.3 Å². The SMILES string of the molecule is O=C(CSc1ccccc1F)c1cccc2c1OCC2. The fourth-order valence-electron chi connectivity index (χ4n) is 2.22. The zero-order chi connectivity index (χ0) is 13.9. The van der Waals surface area contributed by atoms with Gasteiger partial charge in [-0.05, 0) is 23.8 Å². The number of halogens is 1. The molecule has 2 aromatic rings. The Hall–Kier alpha value is -1.81. The van der Waals surface area contributed by atoms with Crippen molar-refractivity contribution >= 4 is 17.5 Å². The molecule has 0 spiro atoms. The van der Waals surface area contributed by atoms with E-state index in [0.717, 1.165) is 12.0 Å². The fourth-order valence-corrected chi connectivity index (χ4v) is 3.04. The lowest BCUT2D eigenvalue weighted by atomic mass is 10.1. The molecule has 1 aliphatic heterocycles. The number of hydrogen-bond donors (Lipinski definition) is 0. The van der Waals surface area contributed by atoms with E-state index in [1.807, 2.05) is 12.1 Å². The number of ketones is 1. The van der Waals surface area contributed by atoms with Gasteiger partial charge in [-0.2, -0.15) is 0 Å². The van der Waals surface area contributed by atoms with E-state index in [2.05, 4.69) is 0 Å². The number of carbonyl (C=O) groups excluding carboxylic acids is 1. The largest absolute Gasteiger partial charge is 0.492 e. The molecule has 1 aliphatic rings. The molecule has 3 rings (SSSR count). The van der Waals surface area contributed by atoms with Gasteiger partial charge in [0.05, 0.1) is 17.9 Å². The third-order valence-electron chi connectivity index (χ3n) is 3.21. The van der Waals surface area contributed by atoms with E-state index >= 15 is 0 Å². The summed E-state index contributed by atoms with van der Waals surface area (Å²) in [6, 6.07) is 12.1. The Bertz CT molecular complexity index is 655. The Morgan fingerprint density at radius 2 is 2.05 bits per heavy atom. The van der Waals surface area contributed by atoms with Gasteiger partial charge in [-0.1, -0.05) is 24.3 Å². The van der Waals surface area contributed by atoms with Crippen LogP contribution in [0.1, 0.15) is 15.9 Å². The molecule has 0 amide bonds. The van der Waals surface area contributed by atoms with E-state index in [9.17, 15) is 9.18 Å². The van der Waals surface area contributed by atoms with Crippen molar-refractivity contribution < 1.29 is 13.9 Å². The van der Waals surface area contributed by atoms with Crippen molar-refractivity contribution in [1.29, 1.82) is 0 Å². The Labute approximate surface area is 121 Å². The number of thioether (sulfide) groups is 1. The molecule has 1 heterocycles. The van der Waals surface area contributed by atoms with Crippen LogP contribution in [-0.4, -0.2) is 18.1 Å². The van der Waals surface area contributed by atoms with Crippen LogP contribution in [0.4, 0.5) is 4.39 Å². The quantitative estimate of drug-likeness (QED) is 0.633. The first-order valence-electron chi connectivity index (χ1n) is 6.41. The van der Waals surface area contributed by atoms with Crippen LogP contribution >= 0.6 is 11.8 Å². The second-order valence-corrected chi connectivity index (χ2v) is 5.55. The lowest BCUT2D eigenvalue weighted by Crippen LogP contribution is -2.05. The summed E-state index contributed by atoms with van der Waals surface area (Å²) in [5, 5.41) is 0. The van der Waals surface area contributed by atoms with Crippen LogP contribution in [0.2, 0.25) is 0 Å². The fraction of sp³-hybridized carbons (Fsp3) is 0.188. The number of Topliss-reactive ketones (excluding diaryl/α,β-unsaturated/α-hetero) is 1. The second kappa shape index (κ2) is 5.67. The molecule has 0 bridgehead atoms. The highest BCUT2D eigenvalue weighted by molar-refractivity contribution is 8.00. The van der Waals surface area contributed by atoms with Gasteiger partial charge < -0.3 is 4.74 Å². The average molecular weight is 288 g/mol. The molecule has 0 aliphatic carbocycles. The topological polar surface area (TPSA) is 26.3 Å². The van der Waals surface area contributed by atoms with Crippen LogP contribution in [-0.2, 0) is 6.42 Å². The van der Waals surface area contributed by atoms with E-state index in [-0.39, 0.29) is 17.4 Å². The van der Waals surface area contributed by atoms with Crippen molar-refractivity contribution in [3.05, 3.63) is 59.4 Å².